The van der Waals surface area contributed by atoms with Crippen molar-refractivity contribution in [3.63, 3.8) is 0 Å². The van der Waals surface area contributed by atoms with Crippen molar-refractivity contribution in [2.45, 2.75) is 6.04 Å². The molecule has 0 radical (unpaired) electrons. The van der Waals surface area contributed by atoms with Gasteiger partial charge in [-0.1, -0.05) is 42.5 Å². The van der Waals surface area contributed by atoms with Crippen LogP contribution in [0.3, 0.4) is 0 Å². The lowest BCUT2D eigenvalue weighted by Gasteiger charge is -2.19. The van der Waals surface area contributed by atoms with Gasteiger partial charge in [0, 0.05) is 30.6 Å². The van der Waals surface area contributed by atoms with Crippen LogP contribution < -0.4 is 10.1 Å². The van der Waals surface area contributed by atoms with Crippen molar-refractivity contribution in [3.05, 3.63) is 120 Å². The fourth-order valence-electron chi connectivity index (χ4n) is 3.42. The summed E-state index contributed by atoms with van der Waals surface area (Å²) in [6.45, 7) is -0.228. The first-order valence-electron chi connectivity index (χ1n) is 10.4. The zero-order valence-electron chi connectivity index (χ0n) is 17.9. The molecule has 1 aromatic heterocycles. The number of carbonyl (C=O) groups is 2. The molecule has 1 heterocycles. The van der Waals surface area contributed by atoms with E-state index in [0.29, 0.717) is 28.3 Å². The second-order valence-electron chi connectivity index (χ2n) is 7.46. The summed E-state index contributed by atoms with van der Waals surface area (Å²) in [6, 6.07) is 21.0. The number of amides is 1. The van der Waals surface area contributed by atoms with Gasteiger partial charge >= 0.3 is 0 Å². The summed E-state index contributed by atoms with van der Waals surface area (Å²) in [6.07, 6.45) is 3.40. The Balaban J connectivity index is 1.40. The van der Waals surface area contributed by atoms with E-state index in [2.05, 4.69) is 10.3 Å². The first-order valence-corrected chi connectivity index (χ1v) is 10.4. The monoisotopic (exact) mass is 443 g/mol. The van der Waals surface area contributed by atoms with Crippen molar-refractivity contribution in [1.29, 1.82) is 0 Å². The zero-order valence-corrected chi connectivity index (χ0v) is 17.9. The minimum Gasteiger partial charge on any atom is -0.484 e. The Morgan fingerprint density at radius 3 is 2.27 bits per heavy atom. The van der Waals surface area contributed by atoms with E-state index in [4.69, 9.17) is 4.74 Å². The molecule has 0 spiro atoms. The van der Waals surface area contributed by atoms with Gasteiger partial charge in [-0.15, -0.1) is 0 Å². The van der Waals surface area contributed by atoms with Crippen molar-refractivity contribution in [3.8, 4) is 5.75 Å². The average Bonchev–Trinajstić information content (AvgIpc) is 3.28. The van der Waals surface area contributed by atoms with Gasteiger partial charge < -0.3 is 14.6 Å². The molecule has 0 unspecified atom stereocenters. The van der Waals surface area contributed by atoms with E-state index < -0.39 is 6.04 Å². The molecule has 4 aromatic rings. The molecule has 166 valence electrons. The van der Waals surface area contributed by atoms with Crippen molar-refractivity contribution in [2.75, 3.05) is 6.61 Å². The Hall–Kier alpha value is -4.26. The predicted molar refractivity (Wildman–Crippen MR) is 121 cm³/mol. The van der Waals surface area contributed by atoms with Gasteiger partial charge in [0.25, 0.3) is 5.91 Å². The van der Waals surface area contributed by atoms with Crippen LogP contribution in [0.5, 0.6) is 5.75 Å². The Bertz CT molecular complexity index is 1240. The van der Waals surface area contributed by atoms with E-state index in [-0.39, 0.29) is 24.1 Å². The molecule has 3 aromatic carbocycles. The quantitative estimate of drug-likeness (QED) is 0.417. The number of hydrogen-bond donors (Lipinski definition) is 1. The number of aromatic nitrogens is 2. The number of nitrogens with one attached hydrogen (secondary N) is 1. The number of rotatable bonds is 8. The SMILES string of the molecule is Cn1ccnc1[C@@H](NC(=O)COc1ccc(C(=O)c2ccccc2)cc1)c1ccc(F)cc1. The van der Waals surface area contributed by atoms with Gasteiger partial charge in [0.05, 0.1) is 0 Å². The molecule has 33 heavy (non-hydrogen) atoms. The Morgan fingerprint density at radius 2 is 1.64 bits per heavy atom. The van der Waals surface area contributed by atoms with E-state index in [1.165, 1.54) is 12.1 Å². The number of ketones is 1. The smallest absolute Gasteiger partial charge is 0.258 e. The van der Waals surface area contributed by atoms with Crippen LogP contribution in [0.1, 0.15) is 33.4 Å². The number of halogens is 1. The highest BCUT2D eigenvalue weighted by molar-refractivity contribution is 6.08. The maximum absolute atomic E-state index is 13.4. The van der Waals surface area contributed by atoms with Gasteiger partial charge in [-0.05, 0) is 42.0 Å². The van der Waals surface area contributed by atoms with Crippen LogP contribution in [-0.4, -0.2) is 27.8 Å². The van der Waals surface area contributed by atoms with Gasteiger partial charge in [-0.2, -0.15) is 0 Å². The van der Waals surface area contributed by atoms with E-state index in [9.17, 15) is 14.0 Å². The van der Waals surface area contributed by atoms with E-state index in [1.54, 1.807) is 65.5 Å². The van der Waals surface area contributed by atoms with Gasteiger partial charge in [-0.25, -0.2) is 9.37 Å². The molecule has 4 rings (SSSR count). The van der Waals surface area contributed by atoms with Gasteiger partial charge in [0.2, 0.25) is 0 Å². The molecule has 6 nitrogen and oxygen atoms in total. The predicted octanol–water partition coefficient (Wildman–Crippen LogP) is 4.07. The zero-order chi connectivity index (χ0) is 23.2. The van der Waals surface area contributed by atoms with Gasteiger partial charge in [0.15, 0.2) is 12.4 Å². The number of ether oxygens (including phenoxy) is 1. The molecule has 1 amide bonds. The summed E-state index contributed by atoms with van der Waals surface area (Å²) in [4.78, 5) is 29.5. The molecule has 0 bridgehead atoms. The third-order valence-corrected chi connectivity index (χ3v) is 5.15. The summed E-state index contributed by atoms with van der Waals surface area (Å²) < 4.78 is 20.8. The summed E-state index contributed by atoms with van der Waals surface area (Å²) in [7, 11) is 1.82. The van der Waals surface area contributed by atoms with Crippen LogP contribution >= 0.6 is 0 Å². The number of imidazole rings is 1. The molecule has 1 atom stereocenters. The Kier molecular flexibility index (Phi) is 6.59. The lowest BCUT2D eigenvalue weighted by Crippen LogP contribution is -2.34. The van der Waals surface area contributed by atoms with Crippen molar-refractivity contribution in [1.82, 2.24) is 14.9 Å². The maximum atomic E-state index is 13.4. The van der Waals surface area contributed by atoms with Crippen LogP contribution in [-0.2, 0) is 11.8 Å². The van der Waals surface area contributed by atoms with Crippen molar-refractivity contribution in [2.24, 2.45) is 7.05 Å². The molecule has 0 aliphatic carbocycles. The molecule has 1 N–H and O–H groups in total. The maximum Gasteiger partial charge on any atom is 0.258 e. The minimum absolute atomic E-state index is 0.0860. The number of nitrogens with zero attached hydrogens (tertiary/aromatic N) is 2. The van der Waals surface area contributed by atoms with Gasteiger partial charge in [-0.3, -0.25) is 9.59 Å². The molecule has 0 aliphatic heterocycles. The van der Waals surface area contributed by atoms with Gasteiger partial charge in [0.1, 0.15) is 23.4 Å². The van der Waals surface area contributed by atoms with Crippen LogP contribution in [0.15, 0.2) is 91.3 Å². The fourth-order valence-corrected chi connectivity index (χ4v) is 3.42. The highest BCUT2D eigenvalue weighted by Crippen LogP contribution is 2.21. The average molecular weight is 443 g/mol. The molecule has 0 saturated heterocycles. The second kappa shape index (κ2) is 9.91. The third kappa shape index (κ3) is 5.33. The lowest BCUT2D eigenvalue weighted by atomic mass is 10.0. The lowest BCUT2D eigenvalue weighted by molar-refractivity contribution is -0.123. The Morgan fingerprint density at radius 1 is 0.970 bits per heavy atom. The van der Waals surface area contributed by atoms with Crippen LogP contribution in [0.4, 0.5) is 4.39 Å². The van der Waals surface area contributed by atoms with Crippen LogP contribution in [0.25, 0.3) is 0 Å². The topological polar surface area (TPSA) is 73.2 Å². The van der Waals surface area contributed by atoms with Crippen LogP contribution in [0.2, 0.25) is 0 Å². The number of benzene rings is 3. The van der Waals surface area contributed by atoms with Crippen LogP contribution in [0, 0.1) is 5.82 Å². The minimum atomic E-state index is -0.562. The molecule has 0 fully saturated rings. The standard InChI is InChI=1S/C26H22FN3O3/c1-30-16-15-28-26(30)24(18-7-11-21(27)12-8-18)29-23(31)17-33-22-13-9-20(10-14-22)25(32)19-5-3-2-4-6-19/h2-16,24H,17H2,1H3,(H,29,31)/t24-/m0/s1. The Labute approximate surface area is 190 Å². The molecule has 7 heteroatoms. The first-order chi connectivity index (χ1) is 16.0. The molecule has 0 aliphatic rings. The normalized spacial score (nSPS) is 11.6. The summed E-state index contributed by atoms with van der Waals surface area (Å²) in [5.41, 5.74) is 1.83. The largest absolute Gasteiger partial charge is 0.484 e. The number of carbonyl (C=O) groups excluding carboxylic acids is 2. The highest BCUT2D eigenvalue weighted by Gasteiger charge is 2.21. The molecular formula is C26H22FN3O3. The summed E-state index contributed by atoms with van der Waals surface area (Å²) >= 11 is 0. The number of hydrogen-bond acceptors (Lipinski definition) is 4. The summed E-state index contributed by atoms with van der Waals surface area (Å²) in [5, 5.41) is 2.89. The molecular weight excluding hydrogens is 421 g/mol. The second-order valence-corrected chi connectivity index (χ2v) is 7.46. The van der Waals surface area contributed by atoms with Crippen molar-refractivity contribution >= 4 is 11.7 Å². The highest BCUT2D eigenvalue weighted by atomic mass is 19.1. The van der Waals surface area contributed by atoms with E-state index in [0.717, 1.165) is 0 Å². The third-order valence-electron chi connectivity index (χ3n) is 5.15. The van der Waals surface area contributed by atoms with E-state index >= 15 is 0 Å². The fraction of sp³-hybridized carbons (Fsp3) is 0.115. The summed E-state index contributed by atoms with van der Waals surface area (Å²) in [5.74, 6) is 0.263. The number of aryl methyl sites for hydroxylation is 1. The first kappa shape index (κ1) is 22.0. The molecule has 0 saturated carbocycles. The van der Waals surface area contributed by atoms with Crippen molar-refractivity contribution < 1.29 is 18.7 Å². The van der Waals surface area contributed by atoms with E-state index in [1.807, 2.05) is 25.2 Å².